The topological polar surface area (TPSA) is 78.4 Å². The maximum absolute atomic E-state index is 11.5. The van der Waals surface area contributed by atoms with Crippen LogP contribution in [-0.4, -0.2) is 41.7 Å². The van der Waals surface area contributed by atoms with Gasteiger partial charge >= 0.3 is 12.0 Å². The monoisotopic (exact) mass is 274 g/mol. The Hall–Kier alpha value is -0.910. The standard InChI is InChI=1S/C12H22N2O3S/c1-2-3-10(11(15)16)7-14-12(17)13-6-9-4-5-18-8-9/h9-10H,2-8H2,1H3,(H,15,16)(H2,13,14,17). The number of hydrogen-bond acceptors (Lipinski definition) is 3. The Bertz CT molecular complexity index is 280. The minimum atomic E-state index is -0.843. The first-order valence-electron chi connectivity index (χ1n) is 6.45. The molecule has 0 aromatic carbocycles. The van der Waals surface area contributed by atoms with E-state index in [1.54, 1.807) is 0 Å². The fourth-order valence-corrected chi connectivity index (χ4v) is 3.21. The molecule has 0 aliphatic carbocycles. The Labute approximate surface area is 112 Å². The molecular formula is C12H22N2O3S. The zero-order valence-corrected chi connectivity index (χ0v) is 11.6. The molecule has 18 heavy (non-hydrogen) atoms. The van der Waals surface area contributed by atoms with Gasteiger partial charge in [0.15, 0.2) is 0 Å². The molecule has 0 bridgehead atoms. The van der Waals surface area contributed by atoms with Gasteiger partial charge in [0.05, 0.1) is 5.92 Å². The van der Waals surface area contributed by atoms with Gasteiger partial charge in [-0.15, -0.1) is 0 Å². The molecule has 1 aliphatic heterocycles. The lowest BCUT2D eigenvalue weighted by Gasteiger charge is -2.14. The summed E-state index contributed by atoms with van der Waals surface area (Å²) in [6, 6.07) is -0.255. The molecule has 0 saturated carbocycles. The summed E-state index contributed by atoms with van der Waals surface area (Å²) < 4.78 is 0. The van der Waals surface area contributed by atoms with Crippen molar-refractivity contribution < 1.29 is 14.7 Å². The molecule has 0 spiro atoms. The largest absolute Gasteiger partial charge is 0.481 e. The Kier molecular flexibility index (Phi) is 6.93. The summed E-state index contributed by atoms with van der Waals surface area (Å²) in [6.45, 7) is 2.83. The van der Waals surface area contributed by atoms with Crippen molar-refractivity contribution in [1.82, 2.24) is 10.6 Å². The van der Waals surface area contributed by atoms with E-state index in [0.717, 1.165) is 18.6 Å². The summed E-state index contributed by atoms with van der Waals surface area (Å²) in [5, 5.41) is 14.4. The van der Waals surface area contributed by atoms with Crippen LogP contribution in [0.25, 0.3) is 0 Å². The molecule has 2 amide bonds. The highest BCUT2D eigenvalue weighted by Crippen LogP contribution is 2.22. The molecule has 5 nitrogen and oxygen atoms in total. The minimum absolute atomic E-state index is 0.203. The quantitative estimate of drug-likeness (QED) is 0.658. The van der Waals surface area contributed by atoms with Gasteiger partial charge in [0.2, 0.25) is 0 Å². The summed E-state index contributed by atoms with van der Waals surface area (Å²) in [7, 11) is 0. The second kappa shape index (κ2) is 8.24. The van der Waals surface area contributed by atoms with Crippen molar-refractivity contribution in [1.29, 1.82) is 0 Å². The number of carbonyl (C=O) groups excluding carboxylic acids is 1. The van der Waals surface area contributed by atoms with Crippen LogP contribution in [0.15, 0.2) is 0 Å². The lowest BCUT2D eigenvalue weighted by molar-refractivity contribution is -0.141. The van der Waals surface area contributed by atoms with Gasteiger partial charge in [0.25, 0.3) is 0 Å². The van der Waals surface area contributed by atoms with Crippen molar-refractivity contribution in [3.8, 4) is 0 Å². The van der Waals surface area contributed by atoms with Crippen LogP contribution in [0.1, 0.15) is 26.2 Å². The minimum Gasteiger partial charge on any atom is -0.481 e. The summed E-state index contributed by atoms with van der Waals surface area (Å²) in [5.41, 5.74) is 0. The van der Waals surface area contributed by atoms with Crippen molar-refractivity contribution in [3.63, 3.8) is 0 Å². The van der Waals surface area contributed by atoms with Crippen molar-refractivity contribution in [2.75, 3.05) is 24.6 Å². The second-order valence-electron chi connectivity index (χ2n) is 4.64. The molecule has 0 aromatic heterocycles. The molecule has 2 unspecified atom stereocenters. The van der Waals surface area contributed by atoms with E-state index in [-0.39, 0.29) is 12.6 Å². The Balaban J connectivity index is 2.16. The number of rotatable bonds is 7. The van der Waals surface area contributed by atoms with E-state index in [4.69, 9.17) is 5.11 Å². The molecule has 3 N–H and O–H groups in total. The van der Waals surface area contributed by atoms with Gasteiger partial charge in [-0.25, -0.2) is 4.79 Å². The number of thioether (sulfide) groups is 1. The zero-order valence-electron chi connectivity index (χ0n) is 10.8. The van der Waals surface area contributed by atoms with Crippen LogP contribution in [0.4, 0.5) is 4.79 Å². The Morgan fingerprint density at radius 2 is 2.22 bits per heavy atom. The first-order chi connectivity index (χ1) is 8.63. The molecule has 1 heterocycles. The van der Waals surface area contributed by atoms with Gasteiger partial charge in [0.1, 0.15) is 0 Å². The third-order valence-electron chi connectivity index (χ3n) is 3.07. The summed E-state index contributed by atoms with van der Waals surface area (Å²) in [6.07, 6.45) is 2.55. The second-order valence-corrected chi connectivity index (χ2v) is 5.79. The fourth-order valence-electron chi connectivity index (χ4n) is 1.92. The summed E-state index contributed by atoms with van der Waals surface area (Å²) >= 11 is 1.91. The molecule has 0 aromatic rings. The number of amides is 2. The van der Waals surface area contributed by atoms with Crippen LogP contribution in [0.5, 0.6) is 0 Å². The maximum Gasteiger partial charge on any atom is 0.314 e. The van der Waals surface area contributed by atoms with Gasteiger partial charge in [-0.3, -0.25) is 4.79 Å². The molecule has 0 radical (unpaired) electrons. The zero-order chi connectivity index (χ0) is 13.4. The van der Waals surface area contributed by atoms with Gasteiger partial charge in [-0.05, 0) is 30.3 Å². The van der Waals surface area contributed by atoms with Gasteiger partial charge < -0.3 is 15.7 Å². The molecule has 1 fully saturated rings. The average molecular weight is 274 g/mol. The SMILES string of the molecule is CCCC(CNC(=O)NCC1CCSC1)C(=O)O. The van der Waals surface area contributed by atoms with Crippen molar-refractivity contribution in [3.05, 3.63) is 0 Å². The van der Waals surface area contributed by atoms with Gasteiger partial charge in [0, 0.05) is 13.1 Å². The normalized spacial score (nSPS) is 20.4. The molecule has 1 rings (SSSR count). The predicted molar refractivity (Wildman–Crippen MR) is 72.9 cm³/mol. The highest BCUT2D eigenvalue weighted by atomic mass is 32.2. The smallest absolute Gasteiger partial charge is 0.314 e. The van der Waals surface area contributed by atoms with E-state index in [2.05, 4.69) is 10.6 Å². The first kappa shape index (κ1) is 15.1. The van der Waals surface area contributed by atoms with Crippen LogP contribution in [0, 0.1) is 11.8 Å². The predicted octanol–water partition coefficient (Wildman–Crippen LogP) is 1.54. The Morgan fingerprint density at radius 3 is 2.78 bits per heavy atom. The molecular weight excluding hydrogens is 252 g/mol. The van der Waals surface area contributed by atoms with Crippen molar-refractivity contribution in [2.24, 2.45) is 11.8 Å². The van der Waals surface area contributed by atoms with Crippen LogP contribution in [0.3, 0.4) is 0 Å². The summed E-state index contributed by atoms with van der Waals surface area (Å²) in [4.78, 5) is 22.4. The van der Waals surface area contributed by atoms with E-state index in [1.807, 2.05) is 18.7 Å². The number of carboxylic acids is 1. The van der Waals surface area contributed by atoms with E-state index < -0.39 is 11.9 Å². The lowest BCUT2D eigenvalue weighted by Crippen LogP contribution is -2.41. The van der Waals surface area contributed by atoms with E-state index in [9.17, 15) is 9.59 Å². The lowest BCUT2D eigenvalue weighted by atomic mass is 10.0. The molecule has 1 saturated heterocycles. The number of urea groups is 1. The highest BCUT2D eigenvalue weighted by molar-refractivity contribution is 7.99. The van der Waals surface area contributed by atoms with Crippen LogP contribution in [0.2, 0.25) is 0 Å². The van der Waals surface area contributed by atoms with E-state index in [1.165, 1.54) is 5.75 Å². The highest BCUT2D eigenvalue weighted by Gasteiger charge is 2.18. The summed E-state index contributed by atoms with van der Waals surface area (Å²) in [5.74, 6) is 1.51. The van der Waals surface area contributed by atoms with Gasteiger partial charge in [-0.2, -0.15) is 11.8 Å². The number of aliphatic carboxylic acids is 1. The average Bonchev–Trinajstić information content (AvgIpc) is 2.84. The number of carboxylic acid groups (broad SMARTS) is 1. The number of carbonyl (C=O) groups is 2. The number of nitrogens with one attached hydrogen (secondary N) is 2. The third kappa shape index (κ3) is 5.62. The fraction of sp³-hybridized carbons (Fsp3) is 0.833. The van der Waals surface area contributed by atoms with Crippen molar-refractivity contribution in [2.45, 2.75) is 26.2 Å². The van der Waals surface area contributed by atoms with Crippen LogP contribution >= 0.6 is 11.8 Å². The maximum atomic E-state index is 11.5. The molecule has 6 heteroatoms. The molecule has 104 valence electrons. The van der Waals surface area contributed by atoms with Crippen molar-refractivity contribution >= 4 is 23.8 Å². The third-order valence-corrected chi connectivity index (χ3v) is 4.30. The number of hydrogen-bond donors (Lipinski definition) is 3. The van der Waals surface area contributed by atoms with Crippen LogP contribution in [-0.2, 0) is 4.79 Å². The van der Waals surface area contributed by atoms with Crippen LogP contribution < -0.4 is 10.6 Å². The molecule has 1 aliphatic rings. The van der Waals surface area contributed by atoms with E-state index >= 15 is 0 Å². The van der Waals surface area contributed by atoms with Gasteiger partial charge in [-0.1, -0.05) is 13.3 Å². The molecule has 2 atom stereocenters. The van der Waals surface area contributed by atoms with E-state index in [0.29, 0.717) is 18.9 Å². The Morgan fingerprint density at radius 1 is 1.44 bits per heavy atom. The first-order valence-corrected chi connectivity index (χ1v) is 7.61.